The zero-order chi connectivity index (χ0) is 30.3. The quantitative estimate of drug-likeness (QED) is 0.242. The fourth-order valence-electron chi connectivity index (χ4n) is 5.09. The van der Waals surface area contributed by atoms with Crippen LogP contribution in [0.25, 0.3) is 17.1 Å². The molecule has 1 aliphatic heterocycles. The van der Waals surface area contributed by atoms with E-state index in [1.54, 1.807) is 14.0 Å². The van der Waals surface area contributed by atoms with E-state index in [0.29, 0.717) is 19.8 Å². The Bertz CT molecular complexity index is 1650. The van der Waals surface area contributed by atoms with Gasteiger partial charge in [-0.2, -0.15) is 0 Å². The number of aryl methyl sites for hydroxylation is 3. The molecule has 1 aliphatic rings. The third-order valence-corrected chi connectivity index (χ3v) is 7.41. The number of hydrogen-bond donors (Lipinski definition) is 0. The SMILES string of the molecule is c1cc2cc(c1)-n1cc(nn1)CCCOc1cccc(c1)-n1cc(nn1)CCCOc1cccc(c1)-n1cc(nn1)CCCO2. The predicted octanol–water partition coefficient (Wildman–Crippen LogP) is 4.78. The zero-order valence-corrected chi connectivity index (χ0v) is 24.8. The van der Waals surface area contributed by atoms with E-state index >= 15 is 0 Å². The average Bonchev–Trinajstić information content (AvgIpc) is 3.86. The molecule has 0 saturated carbocycles. The van der Waals surface area contributed by atoms with Crippen molar-refractivity contribution in [3.63, 3.8) is 0 Å². The van der Waals surface area contributed by atoms with E-state index in [1.165, 1.54) is 0 Å². The predicted molar refractivity (Wildman–Crippen MR) is 166 cm³/mol. The Balaban J connectivity index is 1.07. The summed E-state index contributed by atoms with van der Waals surface area (Å²) in [6.45, 7) is 1.67. The standard InChI is InChI=1S/C33H33N9O3/c1-10-28-19-31(13-1)43-16-4-7-26-23-41(38-35-26)29-11-2-15-33(20-29)45-18-6-9-27-24-42(39-36-27)30-12-3-14-32(21-30)44-17-5-8-25-22-40(28)37-34-25/h1-3,10-15,19-24H,4-9,16-18H2. The van der Waals surface area contributed by atoms with E-state index in [0.717, 1.165) is 89.9 Å². The van der Waals surface area contributed by atoms with E-state index in [9.17, 15) is 0 Å². The van der Waals surface area contributed by atoms with Crippen molar-refractivity contribution in [3.8, 4) is 34.3 Å². The summed E-state index contributed by atoms with van der Waals surface area (Å²) in [4.78, 5) is 0. The lowest BCUT2D eigenvalue weighted by Crippen LogP contribution is -2.02. The number of ether oxygens (including phenoxy) is 3. The molecule has 12 heteroatoms. The second kappa shape index (κ2) is 13.4. The van der Waals surface area contributed by atoms with Gasteiger partial charge < -0.3 is 14.2 Å². The van der Waals surface area contributed by atoms with Crippen molar-refractivity contribution in [3.05, 3.63) is 108 Å². The highest BCUT2D eigenvalue weighted by Crippen LogP contribution is 2.20. The van der Waals surface area contributed by atoms with Crippen LogP contribution in [0.4, 0.5) is 0 Å². The van der Waals surface area contributed by atoms with Crippen LogP contribution in [0, 0.1) is 0 Å². The van der Waals surface area contributed by atoms with Crippen LogP contribution in [0.15, 0.2) is 91.4 Å². The maximum Gasteiger partial charge on any atom is 0.121 e. The average molecular weight is 604 g/mol. The first-order valence-electron chi connectivity index (χ1n) is 15.2. The molecule has 0 spiro atoms. The Morgan fingerprint density at radius 3 is 1.11 bits per heavy atom. The number of nitrogens with zero attached hydrogens (tertiary/aromatic N) is 9. The largest absolute Gasteiger partial charge is 0.494 e. The molecule has 45 heavy (non-hydrogen) atoms. The van der Waals surface area contributed by atoms with Crippen LogP contribution >= 0.6 is 0 Å². The summed E-state index contributed by atoms with van der Waals surface area (Å²) in [5, 5.41) is 26.0. The van der Waals surface area contributed by atoms with Gasteiger partial charge in [0.05, 0.1) is 72.6 Å². The van der Waals surface area contributed by atoms with E-state index in [4.69, 9.17) is 14.2 Å². The molecule has 12 nitrogen and oxygen atoms in total. The second-order valence-corrected chi connectivity index (χ2v) is 10.8. The van der Waals surface area contributed by atoms with Gasteiger partial charge in [0, 0.05) is 18.2 Å². The lowest BCUT2D eigenvalue weighted by molar-refractivity contribution is 0.310. The highest BCUT2D eigenvalue weighted by molar-refractivity contribution is 5.40. The summed E-state index contributed by atoms with van der Waals surface area (Å²) >= 11 is 0. The van der Waals surface area contributed by atoms with Crippen molar-refractivity contribution in [2.75, 3.05) is 19.8 Å². The van der Waals surface area contributed by atoms with E-state index in [2.05, 4.69) is 30.9 Å². The number of aromatic nitrogens is 9. The second-order valence-electron chi connectivity index (χ2n) is 10.8. The van der Waals surface area contributed by atoms with Crippen LogP contribution < -0.4 is 14.2 Å². The highest BCUT2D eigenvalue weighted by atomic mass is 16.5. The molecule has 0 unspecified atom stereocenters. The monoisotopic (exact) mass is 603 g/mol. The molecule has 0 N–H and O–H groups in total. The van der Waals surface area contributed by atoms with Gasteiger partial charge >= 0.3 is 0 Å². The summed E-state index contributed by atoms with van der Waals surface area (Å²) < 4.78 is 23.4. The first-order chi connectivity index (χ1) is 22.2. The van der Waals surface area contributed by atoms with Crippen molar-refractivity contribution in [2.45, 2.75) is 38.5 Å². The summed E-state index contributed by atoms with van der Waals surface area (Å²) in [6.07, 6.45) is 10.5. The molecule has 0 radical (unpaired) electrons. The van der Waals surface area contributed by atoms with E-state index in [-0.39, 0.29) is 0 Å². The third-order valence-electron chi connectivity index (χ3n) is 7.41. The van der Waals surface area contributed by atoms with E-state index < -0.39 is 0 Å². The Morgan fingerprint density at radius 1 is 0.444 bits per heavy atom. The fourth-order valence-corrected chi connectivity index (χ4v) is 5.09. The maximum absolute atomic E-state index is 6.04. The lowest BCUT2D eigenvalue weighted by Gasteiger charge is -2.08. The maximum atomic E-state index is 6.04. The van der Waals surface area contributed by atoms with Crippen molar-refractivity contribution in [1.82, 2.24) is 45.0 Å². The summed E-state index contributed by atoms with van der Waals surface area (Å²) in [6, 6.07) is 23.6. The number of rotatable bonds is 0. The molecule has 0 amide bonds. The Kier molecular flexibility index (Phi) is 8.42. The Labute approximate surface area is 260 Å². The van der Waals surface area contributed by atoms with Gasteiger partial charge in [-0.05, 0) is 74.9 Å². The summed E-state index contributed by atoms with van der Waals surface area (Å²) in [7, 11) is 0. The molecule has 6 aromatic rings. The first-order valence-corrected chi connectivity index (χ1v) is 15.2. The van der Waals surface area contributed by atoms with Gasteiger partial charge in [-0.15, -0.1) is 15.3 Å². The molecule has 0 fully saturated rings. The Hall–Kier alpha value is -5.52. The lowest BCUT2D eigenvalue weighted by atomic mass is 10.2. The molecule has 12 bridgehead atoms. The topological polar surface area (TPSA) is 120 Å². The van der Waals surface area contributed by atoms with Crippen molar-refractivity contribution in [1.29, 1.82) is 0 Å². The van der Waals surface area contributed by atoms with Crippen molar-refractivity contribution >= 4 is 0 Å². The normalized spacial score (nSPS) is 14.4. The Morgan fingerprint density at radius 2 is 0.778 bits per heavy atom. The van der Waals surface area contributed by atoms with Gasteiger partial charge in [-0.1, -0.05) is 33.8 Å². The molecule has 3 aromatic carbocycles. The van der Waals surface area contributed by atoms with Gasteiger partial charge in [0.1, 0.15) is 17.2 Å². The number of benzene rings is 3. The van der Waals surface area contributed by atoms with Crippen LogP contribution in [-0.2, 0) is 19.3 Å². The van der Waals surface area contributed by atoms with Crippen LogP contribution in [0.2, 0.25) is 0 Å². The molecule has 7 rings (SSSR count). The molecular formula is C33H33N9O3. The minimum atomic E-state index is 0.557. The van der Waals surface area contributed by atoms with Gasteiger partial charge in [0.2, 0.25) is 0 Å². The van der Waals surface area contributed by atoms with E-state index in [1.807, 2.05) is 91.4 Å². The third kappa shape index (κ3) is 7.18. The minimum Gasteiger partial charge on any atom is -0.494 e. The van der Waals surface area contributed by atoms with Crippen molar-refractivity contribution < 1.29 is 14.2 Å². The molecule has 0 saturated heterocycles. The van der Waals surface area contributed by atoms with Gasteiger partial charge in [0.25, 0.3) is 0 Å². The zero-order valence-electron chi connectivity index (χ0n) is 24.8. The molecular weight excluding hydrogens is 570 g/mol. The molecule has 4 heterocycles. The highest BCUT2D eigenvalue weighted by Gasteiger charge is 2.09. The minimum absolute atomic E-state index is 0.557. The van der Waals surface area contributed by atoms with Gasteiger partial charge in [-0.3, -0.25) is 0 Å². The molecule has 3 aromatic heterocycles. The van der Waals surface area contributed by atoms with Crippen LogP contribution in [-0.4, -0.2) is 64.8 Å². The first kappa shape index (κ1) is 28.3. The van der Waals surface area contributed by atoms with Crippen molar-refractivity contribution in [2.24, 2.45) is 0 Å². The molecule has 0 atom stereocenters. The van der Waals surface area contributed by atoms with Gasteiger partial charge in [-0.25, -0.2) is 14.0 Å². The van der Waals surface area contributed by atoms with Gasteiger partial charge in [0.15, 0.2) is 0 Å². The van der Waals surface area contributed by atoms with Crippen LogP contribution in [0.5, 0.6) is 17.2 Å². The number of fused-ring (bicyclic) bond motifs is 15. The van der Waals surface area contributed by atoms with Crippen LogP contribution in [0.3, 0.4) is 0 Å². The van der Waals surface area contributed by atoms with Crippen LogP contribution in [0.1, 0.15) is 36.3 Å². The smallest absolute Gasteiger partial charge is 0.121 e. The molecule has 228 valence electrons. The summed E-state index contributed by atoms with van der Waals surface area (Å²) in [5.41, 5.74) is 5.38. The fraction of sp³-hybridized carbons (Fsp3) is 0.273. The molecule has 0 aliphatic carbocycles. The number of hydrogen-bond acceptors (Lipinski definition) is 9. The summed E-state index contributed by atoms with van der Waals surface area (Å²) in [5.74, 6) is 2.34.